The summed E-state index contributed by atoms with van der Waals surface area (Å²) in [4.78, 5) is 12.6. The summed E-state index contributed by atoms with van der Waals surface area (Å²) < 4.78 is 13.2. The molecule has 3 aromatic rings. The van der Waals surface area contributed by atoms with Crippen LogP contribution in [-0.2, 0) is 4.79 Å². The molecule has 162 valence electrons. The Morgan fingerprint density at radius 3 is 2.81 bits per heavy atom. The third kappa shape index (κ3) is 4.12. The predicted octanol–water partition coefficient (Wildman–Crippen LogP) is 5.35. The molecule has 0 fully saturated rings. The van der Waals surface area contributed by atoms with Crippen molar-refractivity contribution in [1.82, 2.24) is 9.78 Å². The van der Waals surface area contributed by atoms with Crippen molar-refractivity contribution in [1.29, 1.82) is 0 Å². The number of benzene rings is 2. The number of carbonyl (C=O) groups is 1. The van der Waals surface area contributed by atoms with Crippen LogP contribution in [0, 0.1) is 12.8 Å². The normalized spacial score (nSPS) is 15.5. The minimum Gasteiger partial charge on any atom is -0.493 e. The Kier molecular flexibility index (Phi) is 5.92. The van der Waals surface area contributed by atoms with Crippen molar-refractivity contribution in [3.05, 3.63) is 64.3 Å². The molecule has 0 radical (unpaired) electrons. The molecule has 1 aromatic heterocycles. The van der Waals surface area contributed by atoms with E-state index in [1.54, 1.807) is 11.8 Å². The van der Waals surface area contributed by atoms with E-state index in [-0.39, 0.29) is 11.8 Å². The smallest absolute Gasteiger partial charge is 0.226 e. The fourth-order valence-electron chi connectivity index (χ4n) is 3.80. The van der Waals surface area contributed by atoms with Gasteiger partial charge in [-0.15, -0.1) is 0 Å². The third-order valence-corrected chi connectivity index (χ3v) is 5.86. The molecule has 2 heterocycles. The maximum atomic E-state index is 12.6. The summed E-state index contributed by atoms with van der Waals surface area (Å²) in [6, 6.07) is 11.5. The first-order valence-corrected chi connectivity index (χ1v) is 10.7. The molecular formula is C24H26ClN3O3. The largest absolute Gasteiger partial charge is 0.493 e. The van der Waals surface area contributed by atoms with Crippen molar-refractivity contribution in [2.75, 3.05) is 19.0 Å². The van der Waals surface area contributed by atoms with Gasteiger partial charge in [0.1, 0.15) is 5.82 Å². The van der Waals surface area contributed by atoms with Gasteiger partial charge in [-0.3, -0.25) is 4.79 Å². The van der Waals surface area contributed by atoms with Crippen molar-refractivity contribution in [3.63, 3.8) is 0 Å². The molecule has 1 N–H and O–H groups in total. The molecule has 0 spiro atoms. The Hall–Kier alpha value is -2.99. The molecule has 1 atom stereocenters. The van der Waals surface area contributed by atoms with Crippen LogP contribution in [0.4, 0.5) is 5.82 Å². The van der Waals surface area contributed by atoms with E-state index in [4.69, 9.17) is 21.1 Å². The summed E-state index contributed by atoms with van der Waals surface area (Å²) in [6.07, 6.45) is 2.15. The first-order valence-electron chi connectivity index (χ1n) is 10.3. The molecule has 1 aliphatic rings. The van der Waals surface area contributed by atoms with Gasteiger partial charge in [0.2, 0.25) is 5.91 Å². The zero-order valence-electron chi connectivity index (χ0n) is 18.1. The van der Waals surface area contributed by atoms with Gasteiger partial charge in [0.15, 0.2) is 11.5 Å². The van der Waals surface area contributed by atoms with Crippen LogP contribution < -0.4 is 14.8 Å². The van der Waals surface area contributed by atoms with Gasteiger partial charge in [-0.2, -0.15) is 5.10 Å². The minimum absolute atomic E-state index is 0.0574. The Morgan fingerprint density at radius 1 is 1.26 bits per heavy atom. The van der Waals surface area contributed by atoms with Gasteiger partial charge in [-0.1, -0.05) is 37.6 Å². The van der Waals surface area contributed by atoms with E-state index in [0.717, 1.165) is 22.4 Å². The maximum Gasteiger partial charge on any atom is 0.226 e. The van der Waals surface area contributed by atoms with E-state index in [9.17, 15) is 4.79 Å². The second-order valence-electron chi connectivity index (χ2n) is 8.16. The molecule has 7 heteroatoms. The number of amides is 1. The molecule has 2 aromatic carbocycles. The summed E-state index contributed by atoms with van der Waals surface area (Å²) in [7, 11) is 1.63. The number of nitrogens with zero attached hydrogens (tertiary/aromatic N) is 2. The number of hydrogen-bond acceptors (Lipinski definition) is 4. The molecule has 0 saturated heterocycles. The summed E-state index contributed by atoms with van der Waals surface area (Å²) >= 11 is 6.31. The summed E-state index contributed by atoms with van der Waals surface area (Å²) in [5.74, 6) is 2.25. The highest BCUT2D eigenvalue weighted by atomic mass is 35.5. The zero-order valence-corrected chi connectivity index (χ0v) is 18.9. The van der Waals surface area contributed by atoms with Crippen LogP contribution in [0.2, 0.25) is 5.02 Å². The van der Waals surface area contributed by atoms with Gasteiger partial charge in [0.25, 0.3) is 0 Å². The van der Waals surface area contributed by atoms with Crippen LogP contribution in [0.3, 0.4) is 0 Å². The highest BCUT2D eigenvalue weighted by Crippen LogP contribution is 2.41. The Bertz CT molecular complexity index is 1120. The Balaban J connectivity index is 1.73. The van der Waals surface area contributed by atoms with Crippen LogP contribution in [0.15, 0.2) is 42.6 Å². The average molecular weight is 440 g/mol. The lowest BCUT2D eigenvalue weighted by Gasteiger charge is -2.25. The summed E-state index contributed by atoms with van der Waals surface area (Å²) in [6.45, 7) is 6.75. The van der Waals surface area contributed by atoms with Crippen molar-refractivity contribution in [3.8, 4) is 17.2 Å². The van der Waals surface area contributed by atoms with E-state index < -0.39 is 0 Å². The second-order valence-corrected chi connectivity index (χ2v) is 8.57. The predicted molar refractivity (Wildman–Crippen MR) is 122 cm³/mol. The third-order valence-electron chi connectivity index (χ3n) is 5.45. The number of carbonyl (C=O) groups excluding carboxylic acids is 1. The number of aromatic nitrogens is 2. The Morgan fingerprint density at radius 2 is 2.06 bits per heavy atom. The van der Waals surface area contributed by atoms with E-state index >= 15 is 0 Å². The van der Waals surface area contributed by atoms with E-state index in [1.165, 1.54) is 0 Å². The number of halogens is 1. The molecule has 0 aliphatic carbocycles. The highest BCUT2D eigenvalue weighted by Gasteiger charge is 2.31. The van der Waals surface area contributed by atoms with Crippen LogP contribution in [0.25, 0.3) is 5.69 Å². The first-order chi connectivity index (χ1) is 14.9. The topological polar surface area (TPSA) is 65.4 Å². The molecule has 6 nitrogen and oxygen atoms in total. The number of rotatable bonds is 6. The molecule has 1 aliphatic heterocycles. The molecule has 4 rings (SSSR count). The van der Waals surface area contributed by atoms with Gasteiger partial charge in [0.05, 0.1) is 25.6 Å². The van der Waals surface area contributed by atoms with Crippen molar-refractivity contribution in [2.45, 2.75) is 33.1 Å². The minimum atomic E-state index is -0.134. The lowest BCUT2D eigenvalue weighted by molar-refractivity contribution is -0.116. The van der Waals surface area contributed by atoms with Gasteiger partial charge in [0, 0.05) is 22.9 Å². The Labute approximate surface area is 187 Å². The molecule has 0 bridgehead atoms. The van der Waals surface area contributed by atoms with E-state index in [2.05, 4.69) is 24.3 Å². The number of methoxy groups -OCH3 is 1. The summed E-state index contributed by atoms with van der Waals surface area (Å²) in [5, 5.41) is 8.22. The number of ether oxygens (including phenoxy) is 2. The SMILES string of the molecule is COc1cc([C@H]2CC(=O)Nc3c2cnn3-c2cccc(Cl)c2C)ccc1OCC(C)C. The monoisotopic (exact) mass is 439 g/mol. The number of anilines is 1. The van der Waals surface area contributed by atoms with Gasteiger partial charge in [-0.25, -0.2) is 4.68 Å². The van der Waals surface area contributed by atoms with Gasteiger partial charge >= 0.3 is 0 Å². The fraction of sp³-hybridized carbons (Fsp3) is 0.333. The van der Waals surface area contributed by atoms with E-state index in [1.807, 2.05) is 49.5 Å². The molecule has 0 unspecified atom stereocenters. The summed E-state index contributed by atoms with van der Waals surface area (Å²) in [5.41, 5.74) is 3.67. The quantitative estimate of drug-likeness (QED) is 0.562. The zero-order chi connectivity index (χ0) is 22.1. The molecule has 1 amide bonds. The van der Waals surface area contributed by atoms with Crippen LogP contribution in [0.1, 0.15) is 42.9 Å². The first kappa shape index (κ1) is 21.2. The van der Waals surface area contributed by atoms with Gasteiger partial charge < -0.3 is 14.8 Å². The second kappa shape index (κ2) is 8.63. The average Bonchev–Trinajstić information content (AvgIpc) is 3.17. The number of hydrogen-bond donors (Lipinski definition) is 1. The van der Waals surface area contributed by atoms with Crippen molar-refractivity contribution in [2.24, 2.45) is 5.92 Å². The standard InChI is InChI=1S/C24H26ClN3O3/c1-14(2)13-31-21-9-8-16(10-22(21)30-4)17-11-23(29)27-24-18(17)12-26-28(24)20-7-5-6-19(25)15(20)3/h5-10,12,14,17H,11,13H2,1-4H3,(H,27,29)/t17-/m1/s1. The van der Waals surface area contributed by atoms with Crippen LogP contribution in [-0.4, -0.2) is 29.4 Å². The fourth-order valence-corrected chi connectivity index (χ4v) is 3.97. The van der Waals surface area contributed by atoms with Crippen molar-refractivity contribution < 1.29 is 14.3 Å². The lowest BCUT2D eigenvalue weighted by Crippen LogP contribution is -2.24. The molecule has 0 saturated carbocycles. The van der Waals surface area contributed by atoms with Crippen molar-refractivity contribution >= 4 is 23.3 Å². The lowest BCUT2D eigenvalue weighted by atomic mass is 9.87. The van der Waals surface area contributed by atoms with Gasteiger partial charge in [-0.05, 0) is 48.2 Å². The number of fused-ring (bicyclic) bond motifs is 1. The highest BCUT2D eigenvalue weighted by molar-refractivity contribution is 6.31. The molecular weight excluding hydrogens is 414 g/mol. The maximum absolute atomic E-state index is 12.6. The van der Waals surface area contributed by atoms with Crippen LogP contribution >= 0.6 is 11.6 Å². The molecule has 31 heavy (non-hydrogen) atoms. The number of nitrogens with one attached hydrogen (secondary N) is 1. The van der Waals surface area contributed by atoms with E-state index in [0.29, 0.717) is 41.3 Å². The van der Waals surface area contributed by atoms with Crippen LogP contribution in [0.5, 0.6) is 11.5 Å².